The molecule has 3 N–H and O–H groups in total. The standard InChI is InChI=1S/C9H17NO3.C2H6/c1-13-9(12)8(11)7(10)5-6-3-2-4-6;1-2/h6-8,11H,2-5,10H2,1H3;1-2H3. The molecule has 0 saturated heterocycles. The number of methoxy groups -OCH3 is 1. The molecule has 0 aliphatic heterocycles. The quantitative estimate of drug-likeness (QED) is 0.691. The predicted molar refractivity (Wildman–Crippen MR) is 59.3 cm³/mol. The van der Waals surface area contributed by atoms with Crippen molar-refractivity contribution in [2.45, 2.75) is 51.7 Å². The maximum atomic E-state index is 10.9. The number of carbonyl (C=O) groups excluding carboxylic acids is 1. The highest BCUT2D eigenvalue weighted by Gasteiger charge is 2.28. The van der Waals surface area contributed by atoms with Gasteiger partial charge >= 0.3 is 5.97 Å². The average molecular weight is 217 g/mol. The van der Waals surface area contributed by atoms with Gasteiger partial charge in [0.25, 0.3) is 0 Å². The summed E-state index contributed by atoms with van der Waals surface area (Å²) in [6.45, 7) is 4.00. The number of rotatable bonds is 4. The van der Waals surface area contributed by atoms with E-state index in [2.05, 4.69) is 4.74 Å². The Bertz CT molecular complexity index is 181. The summed E-state index contributed by atoms with van der Waals surface area (Å²) >= 11 is 0. The van der Waals surface area contributed by atoms with Crippen LogP contribution in [0, 0.1) is 5.92 Å². The molecular weight excluding hydrogens is 194 g/mol. The van der Waals surface area contributed by atoms with Crippen molar-refractivity contribution >= 4 is 5.97 Å². The van der Waals surface area contributed by atoms with E-state index in [0.717, 1.165) is 6.42 Å². The van der Waals surface area contributed by atoms with Gasteiger partial charge in [-0.25, -0.2) is 4.79 Å². The number of hydrogen-bond donors (Lipinski definition) is 2. The van der Waals surface area contributed by atoms with Crippen LogP contribution in [0.2, 0.25) is 0 Å². The topological polar surface area (TPSA) is 72.5 Å². The van der Waals surface area contributed by atoms with Gasteiger partial charge in [-0.3, -0.25) is 0 Å². The zero-order valence-electron chi connectivity index (χ0n) is 9.90. The highest BCUT2D eigenvalue weighted by molar-refractivity contribution is 5.75. The molecule has 2 unspecified atom stereocenters. The summed E-state index contributed by atoms with van der Waals surface area (Å²) < 4.78 is 4.40. The first-order valence-corrected chi connectivity index (χ1v) is 5.66. The largest absolute Gasteiger partial charge is 0.467 e. The van der Waals surface area contributed by atoms with E-state index in [9.17, 15) is 9.90 Å². The number of carbonyl (C=O) groups is 1. The minimum Gasteiger partial charge on any atom is -0.467 e. The lowest BCUT2D eigenvalue weighted by atomic mass is 9.80. The molecule has 90 valence electrons. The van der Waals surface area contributed by atoms with Crippen LogP contribution < -0.4 is 5.73 Å². The lowest BCUT2D eigenvalue weighted by Crippen LogP contribution is -2.43. The third-order valence-electron chi connectivity index (χ3n) is 2.68. The van der Waals surface area contributed by atoms with Gasteiger partial charge in [0.1, 0.15) is 0 Å². The van der Waals surface area contributed by atoms with Gasteiger partial charge in [0, 0.05) is 6.04 Å². The van der Waals surface area contributed by atoms with Gasteiger partial charge in [-0.2, -0.15) is 0 Å². The van der Waals surface area contributed by atoms with Crippen LogP contribution in [0.5, 0.6) is 0 Å². The van der Waals surface area contributed by atoms with Gasteiger partial charge in [0.2, 0.25) is 0 Å². The van der Waals surface area contributed by atoms with Gasteiger partial charge in [0.05, 0.1) is 7.11 Å². The highest BCUT2D eigenvalue weighted by atomic mass is 16.5. The van der Waals surface area contributed by atoms with Crippen LogP contribution in [0.1, 0.15) is 39.5 Å². The lowest BCUT2D eigenvalue weighted by molar-refractivity contribution is -0.151. The Kier molecular flexibility index (Phi) is 7.34. The van der Waals surface area contributed by atoms with Crippen LogP contribution in [0.3, 0.4) is 0 Å². The second kappa shape index (κ2) is 7.65. The van der Waals surface area contributed by atoms with Crippen LogP contribution in [0.25, 0.3) is 0 Å². The molecule has 1 fully saturated rings. The second-order valence-electron chi connectivity index (χ2n) is 3.66. The fourth-order valence-corrected chi connectivity index (χ4v) is 1.54. The van der Waals surface area contributed by atoms with Crippen molar-refractivity contribution < 1.29 is 14.6 Å². The molecule has 0 aromatic heterocycles. The zero-order valence-corrected chi connectivity index (χ0v) is 9.90. The molecule has 4 nitrogen and oxygen atoms in total. The van der Waals surface area contributed by atoms with Crippen LogP contribution in [0.15, 0.2) is 0 Å². The van der Waals surface area contributed by atoms with E-state index in [1.807, 2.05) is 13.8 Å². The Morgan fingerprint density at radius 1 is 1.53 bits per heavy atom. The number of aliphatic hydroxyl groups excluding tert-OH is 1. The normalized spacial score (nSPS) is 19.3. The van der Waals surface area contributed by atoms with Crippen molar-refractivity contribution in [3.63, 3.8) is 0 Å². The Labute approximate surface area is 91.8 Å². The van der Waals surface area contributed by atoms with Gasteiger partial charge in [-0.15, -0.1) is 0 Å². The average Bonchev–Trinajstić information content (AvgIpc) is 2.23. The molecule has 0 radical (unpaired) electrons. The van der Waals surface area contributed by atoms with Crippen LogP contribution >= 0.6 is 0 Å². The molecule has 0 aromatic rings. The fraction of sp³-hybridized carbons (Fsp3) is 0.909. The molecule has 1 aliphatic carbocycles. The molecule has 0 heterocycles. The van der Waals surface area contributed by atoms with E-state index in [1.165, 1.54) is 26.4 Å². The number of hydrogen-bond acceptors (Lipinski definition) is 4. The van der Waals surface area contributed by atoms with Crippen molar-refractivity contribution in [3.8, 4) is 0 Å². The first-order chi connectivity index (χ1) is 7.15. The van der Waals surface area contributed by atoms with E-state index in [0.29, 0.717) is 5.92 Å². The third kappa shape index (κ3) is 4.62. The van der Waals surface area contributed by atoms with Gasteiger partial charge < -0.3 is 15.6 Å². The third-order valence-corrected chi connectivity index (χ3v) is 2.68. The number of aliphatic hydroxyl groups is 1. The maximum absolute atomic E-state index is 10.9. The van der Waals surface area contributed by atoms with Gasteiger partial charge in [0.15, 0.2) is 6.10 Å². The molecule has 0 spiro atoms. The van der Waals surface area contributed by atoms with Crippen molar-refractivity contribution in [1.82, 2.24) is 0 Å². The van der Waals surface area contributed by atoms with Crippen molar-refractivity contribution in [1.29, 1.82) is 0 Å². The number of esters is 1. The molecule has 1 rings (SSSR count). The summed E-state index contributed by atoms with van der Waals surface area (Å²) in [5.74, 6) is -0.0406. The molecule has 0 bridgehead atoms. The number of nitrogens with two attached hydrogens (primary N) is 1. The second-order valence-corrected chi connectivity index (χ2v) is 3.66. The van der Waals surface area contributed by atoms with Crippen molar-refractivity contribution in [3.05, 3.63) is 0 Å². The minimum atomic E-state index is -1.16. The molecule has 1 saturated carbocycles. The van der Waals surface area contributed by atoms with Gasteiger partial charge in [-0.1, -0.05) is 33.1 Å². The van der Waals surface area contributed by atoms with Crippen molar-refractivity contribution in [2.75, 3.05) is 7.11 Å². The van der Waals surface area contributed by atoms with Crippen molar-refractivity contribution in [2.24, 2.45) is 11.7 Å². The maximum Gasteiger partial charge on any atom is 0.336 e. The van der Waals surface area contributed by atoms with Crippen LogP contribution in [-0.2, 0) is 9.53 Å². The highest BCUT2D eigenvalue weighted by Crippen LogP contribution is 2.30. The van der Waals surface area contributed by atoms with E-state index in [1.54, 1.807) is 0 Å². The lowest BCUT2D eigenvalue weighted by Gasteiger charge is -2.29. The van der Waals surface area contributed by atoms with E-state index in [-0.39, 0.29) is 0 Å². The molecule has 2 atom stereocenters. The summed E-state index contributed by atoms with van der Waals surface area (Å²) in [5, 5.41) is 9.36. The fourth-order valence-electron chi connectivity index (χ4n) is 1.54. The Morgan fingerprint density at radius 3 is 2.40 bits per heavy atom. The summed E-state index contributed by atoms with van der Waals surface area (Å²) in [5.41, 5.74) is 5.65. The summed E-state index contributed by atoms with van der Waals surface area (Å²) in [6.07, 6.45) is 3.14. The molecule has 0 aromatic carbocycles. The summed E-state index contributed by atoms with van der Waals surface area (Å²) in [6, 6.07) is -0.474. The molecule has 4 heteroatoms. The van der Waals surface area contributed by atoms with Crippen LogP contribution in [-0.4, -0.2) is 30.3 Å². The SMILES string of the molecule is CC.COC(=O)C(O)C(N)CC1CCC1. The Morgan fingerprint density at radius 2 is 2.07 bits per heavy atom. The smallest absolute Gasteiger partial charge is 0.336 e. The predicted octanol–water partition coefficient (Wildman–Crippen LogP) is 1.06. The molecule has 0 amide bonds. The Hall–Kier alpha value is -0.610. The number of ether oxygens (including phenoxy) is 1. The Balaban J connectivity index is 0.000000921. The monoisotopic (exact) mass is 217 g/mol. The van der Waals surface area contributed by atoms with E-state index in [4.69, 9.17) is 5.73 Å². The summed E-state index contributed by atoms with van der Waals surface area (Å²) in [4.78, 5) is 10.9. The van der Waals surface area contributed by atoms with E-state index < -0.39 is 18.1 Å². The first-order valence-electron chi connectivity index (χ1n) is 5.66. The first kappa shape index (κ1) is 14.4. The zero-order chi connectivity index (χ0) is 11.8. The molecular formula is C11H23NO3. The molecule has 1 aliphatic rings. The minimum absolute atomic E-state index is 0.474. The molecule has 15 heavy (non-hydrogen) atoms. The van der Waals surface area contributed by atoms with Gasteiger partial charge in [-0.05, 0) is 12.3 Å². The van der Waals surface area contributed by atoms with Crippen LogP contribution in [0.4, 0.5) is 0 Å². The van der Waals surface area contributed by atoms with E-state index >= 15 is 0 Å². The summed E-state index contributed by atoms with van der Waals surface area (Å²) in [7, 11) is 1.25.